The first-order chi connectivity index (χ1) is 8.55. The SMILES string of the molecule is CC(C)(C)C1CN(CCC2CCCC2)CCCN1. The lowest BCUT2D eigenvalue weighted by molar-refractivity contribution is 0.189. The quantitative estimate of drug-likeness (QED) is 0.829. The van der Waals surface area contributed by atoms with E-state index in [1.54, 1.807) is 0 Å². The second-order valence-electron chi connectivity index (χ2n) is 7.47. The highest BCUT2D eigenvalue weighted by atomic mass is 15.2. The Morgan fingerprint density at radius 2 is 1.83 bits per heavy atom. The molecule has 1 aliphatic carbocycles. The Bertz CT molecular complexity index is 238. The van der Waals surface area contributed by atoms with E-state index in [1.165, 1.54) is 64.7 Å². The van der Waals surface area contributed by atoms with Gasteiger partial charge < -0.3 is 10.2 Å². The number of rotatable bonds is 3. The molecule has 2 nitrogen and oxygen atoms in total. The molecule has 2 rings (SSSR count). The van der Waals surface area contributed by atoms with E-state index in [1.807, 2.05) is 0 Å². The summed E-state index contributed by atoms with van der Waals surface area (Å²) in [4.78, 5) is 2.72. The molecule has 1 aliphatic heterocycles. The summed E-state index contributed by atoms with van der Waals surface area (Å²) in [6, 6.07) is 0.656. The summed E-state index contributed by atoms with van der Waals surface area (Å²) in [6.45, 7) is 12.2. The molecule has 2 aliphatic rings. The van der Waals surface area contributed by atoms with Crippen LogP contribution >= 0.6 is 0 Å². The summed E-state index contributed by atoms with van der Waals surface area (Å²) in [6.07, 6.45) is 8.71. The van der Waals surface area contributed by atoms with Crippen LogP contribution in [0, 0.1) is 11.3 Å². The van der Waals surface area contributed by atoms with Crippen molar-refractivity contribution < 1.29 is 0 Å². The normalized spacial score (nSPS) is 28.5. The maximum absolute atomic E-state index is 3.74. The van der Waals surface area contributed by atoms with Gasteiger partial charge in [0.05, 0.1) is 0 Å². The van der Waals surface area contributed by atoms with E-state index >= 15 is 0 Å². The summed E-state index contributed by atoms with van der Waals surface area (Å²) >= 11 is 0. The van der Waals surface area contributed by atoms with Gasteiger partial charge in [-0.25, -0.2) is 0 Å². The molecule has 1 saturated carbocycles. The Balaban J connectivity index is 1.79. The van der Waals surface area contributed by atoms with Crippen molar-refractivity contribution in [3.8, 4) is 0 Å². The third-order valence-electron chi connectivity index (χ3n) is 4.86. The molecule has 0 aromatic heterocycles. The zero-order valence-corrected chi connectivity index (χ0v) is 12.7. The number of hydrogen-bond acceptors (Lipinski definition) is 2. The van der Waals surface area contributed by atoms with Gasteiger partial charge in [-0.05, 0) is 43.8 Å². The fourth-order valence-corrected chi connectivity index (χ4v) is 3.44. The molecule has 0 bridgehead atoms. The largest absolute Gasteiger partial charge is 0.312 e. The average Bonchev–Trinajstić information content (AvgIpc) is 2.69. The van der Waals surface area contributed by atoms with Crippen molar-refractivity contribution in [3.63, 3.8) is 0 Å². The molecule has 0 radical (unpaired) electrons. The molecular formula is C16H32N2. The van der Waals surface area contributed by atoms with Crippen LogP contribution in [0.1, 0.15) is 59.3 Å². The highest BCUT2D eigenvalue weighted by molar-refractivity contribution is 4.86. The molecule has 1 N–H and O–H groups in total. The smallest absolute Gasteiger partial charge is 0.0243 e. The van der Waals surface area contributed by atoms with Crippen LogP contribution < -0.4 is 5.32 Å². The lowest BCUT2D eigenvalue weighted by Gasteiger charge is -2.34. The van der Waals surface area contributed by atoms with Gasteiger partial charge >= 0.3 is 0 Å². The molecule has 1 heterocycles. The third-order valence-corrected chi connectivity index (χ3v) is 4.86. The van der Waals surface area contributed by atoms with E-state index in [0.29, 0.717) is 11.5 Å². The molecule has 0 amide bonds. The van der Waals surface area contributed by atoms with Crippen LogP contribution in [0.25, 0.3) is 0 Å². The standard InChI is InChI=1S/C16H32N2/c1-16(2,3)15-13-18(11-6-10-17-15)12-9-14-7-4-5-8-14/h14-15,17H,4-13H2,1-3H3. The van der Waals surface area contributed by atoms with Crippen LogP contribution in [-0.4, -0.2) is 37.1 Å². The Hall–Kier alpha value is -0.0800. The molecule has 1 unspecified atom stereocenters. The first-order valence-electron chi connectivity index (χ1n) is 8.01. The molecule has 0 aromatic rings. The number of hydrogen-bond donors (Lipinski definition) is 1. The first kappa shape index (κ1) is 14.3. The van der Waals surface area contributed by atoms with Crippen LogP contribution in [0.4, 0.5) is 0 Å². The second kappa shape index (κ2) is 6.38. The van der Waals surface area contributed by atoms with E-state index in [0.717, 1.165) is 5.92 Å². The summed E-state index contributed by atoms with van der Waals surface area (Å²) in [5.74, 6) is 1.04. The van der Waals surface area contributed by atoms with Crippen LogP contribution in [0.3, 0.4) is 0 Å². The topological polar surface area (TPSA) is 15.3 Å². The molecule has 2 fully saturated rings. The average molecular weight is 252 g/mol. The van der Waals surface area contributed by atoms with Crippen molar-refractivity contribution in [2.45, 2.75) is 65.3 Å². The molecule has 1 atom stereocenters. The predicted molar refractivity (Wildman–Crippen MR) is 78.9 cm³/mol. The van der Waals surface area contributed by atoms with E-state index in [-0.39, 0.29) is 0 Å². The second-order valence-corrected chi connectivity index (χ2v) is 7.47. The fraction of sp³-hybridized carbons (Fsp3) is 1.00. The van der Waals surface area contributed by atoms with Gasteiger partial charge in [0.25, 0.3) is 0 Å². The Labute approximate surface area is 114 Å². The maximum Gasteiger partial charge on any atom is 0.0243 e. The van der Waals surface area contributed by atoms with Gasteiger partial charge in [-0.15, -0.1) is 0 Å². The van der Waals surface area contributed by atoms with Crippen molar-refractivity contribution >= 4 is 0 Å². The van der Waals surface area contributed by atoms with Gasteiger partial charge in [0.2, 0.25) is 0 Å². The predicted octanol–water partition coefficient (Wildman–Crippen LogP) is 3.28. The Morgan fingerprint density at radius 1 is 1.11 bits per heavy atom. The van der Waals surface area contributed by atoms with Gasteiger partial charge in [-0.2, -0.15) is 0 Å². The number of nitrogens with zero attached hydrogens (tertiary/aromatic N) is 1. The van der Waals surface area contributed by atoms with Crippen LogP contribution in [0.5, 0.6) is 0 Å². The molecule has 18 heavy (non-hydrogen) atoms. The fourth-order valence-electron chi connectivity index (χ4n) is 3.44. The van der Waals surface area contributed by atoms with E-state index in [9.17, 15) is 0 Å². The van der Waals surface area contributed by atoms with E-state index < -0.39 is 0 Å². The van der Waals surface area contributed by atoms with Crippen molar-refractivity contribution in [2.24, 2.45) is 11.3 Å². The van der Waals surface area contributed by atoms with Gasteiger partial charge in [0.1, 0.15) is 0 Å². The highest BCUT2D eigenvalue weighted by Gasteiger charge is 2.28. The first-order valence-corrected chi connectivity index (χ1v) is 8.01. The van der Waals surface area contributed by atoms with Crippen molar-refractivity contribution in [1.29, 1.82) is 0 Å². The molecular weight excluding hydrogens is 220 g/mol. The molecule has 106 valence electrons. The van der Waals surface area contributed by atoms with Crippen molar-refractivity contribution in [1.82, 2.24) is 10.2 Å². The van der Waals surface area contributed by atoms with Crippen LogP contribution in [0.15, 0.2) is 0 Å². The summed E-state index contributed by atoms with van der Waals surface area (Å²) < 4.78 is 0. The van der Waals surface area contributed by atoms with Crippen LogP contribution in [-0.2, 0) is 0 Å². The third kappa shape index (κ3) is 4.24. The summed E-state index contributed by atoms with van der Waals surface area (Å²) in [7, 11) is 0. The minimum Gasteiger partial charge on any atom is -0.312 e. The van der Waals surface area contributed by atoms with Gasteiger partial charge in [0, 0.05) is 12.6 Å². The minimum atomic E-state index is 0.385. The monoisotopic (exact) mass is 252 g/mol. The molecule has 1 saturated heterocycles. The van der Waals surface area contributed by atoms with Gasteiger partial charge in [0.15, 0.2) is 0 Å². The molecule has 0 spiro atoms. The lowest BCUT2D eigenvalue weighted by Crippen LogP contribution is -2.46. The number of nitrogens with one attached hydrogen (secondary N) is 1. The maximum atomic E-state index is 3.74. The lowest BCUT2D eigenvalue weighted by atomic mass is 9.86. The Kier molecular flexibility index (Phi) is 5.08. The van der Waals surface area contributed by atoms with Crippen molar-refractivity contribution in [3.05, 3.63) is 0 Å². The van der Waals surface area contributed by atoms with Gasteiger partial charge in [-0.1, -0.05) is 46.5 Å². The van der Waals surface area contributed by atoms with Crippen molar-refractivity contribution in [2.75, 3.05) is 26.2 Å². The zero-order chi connectivity index (χ0) is 13.0. The Morgan fingerprint density at radius 3 is 2.50 bits per heavy atom. The summed E-state index contributed by atoms with van der Waals surface area (Å²) in [5, 5.41) is 3.74. The van der Waals surface area contributed by atoms with Gasteiger partial charge in [-0.3, -0.25) is 0 Å². The summed E-state index contributed by atoms with van der Waals surface area (Å²) in [5.41, 5.74) is 0.385. The molecule has 0 aromatic carbocycles. The van der Waals surface area contributed by atoms with E-state index in [4.69, 9.17) is 0 Å². The molecule has 2 heteroatoms. The van der Waals surface area contributed by atoms with Crippen LogP contribution in [0.2, 0.25) is 0 Å². The highest BCUT2D eigenvalue weighted by Crippen LogP contribution is 2.28. The van der Waals surface area contributed by atoms with E-state index in [2.05, 4.69) is 31.0 Å². The zero-order valence-electron chi connectivity index (χ0n) is 12.7. The minimum absolute atomic E-state index is 0.385.